The number of rotatable bonds is 5. The number of benzene rings is 1. The summed E-state index contributed by atoms with van der Waals surface area (Å²) in [6, 6.07) is 3.04. The molecule has 0 unspecified atom stereocenters. The van der Waals surface area contributed by atoms with Crippen LogP contribution in [0.1, 0.15) is 54.5 Å². The highest BCUT2D eigenvalue weighted by Crippen LogP contribution is 2.34. The van der Waals surface area contributed by atoms with E-state index < -0.39 is 58.5 Å². The van der Waals surface area contributed by atoms with Crippen molar-refractivity contribution in [3.8, 4) is 11.3 Å². The largest absolute Gasteiger partial charge is 0.386 e. The lowest BCUT2D eigenvalue weighted by Crippen LogP contribution is -2.32. The number of carbonyl (C=O) groups is 1. The maximum Gasteiger partial charge on any atom is 0.274 e. The highest BCUT2D eigenvalue weighted by molar-refractivity contribution is 6.03. The standard InChI is InChI=1S/C25H27F4N5O3/c1-25(2,36)12-8-14(27)21(15(28)9-12)22-13(26)4-6-18(32-22)24(35)33-19-10-31-34(3)23(19)20-7-5-17(30)16(29)11-37-20/h4,6,8-10,16-17,20,36H,5,7,11,30H2,1-3H3,(H,33,35)/t16-,17+,20-/m0/s1. The van der Waals surface area contributed by atoms with Gasteiger partial charge in [0.15, 0.2) is 0 Å². The lowest BCUT2D eigenvalue weighted by atomic mass is 9.95. The number of nitrogens with zero attached hydrogens (tertiary/aromatic N) is 3. The van der Waals surface area contributed by atoms with Gasteiger partial charge in [0.05, 0.1) is 35.3 Å². The van der Waals surface area contributed by atoms with Crippen LogP contribution in [-0.2, 0) is 17.4 Å². The number of ether oxygens (including phenoxy) is 1. The van der Waals surface area contributed by atoms with E-state index in [2.05, 4.69) is 15.4 Å². The summed E-state index contributed by atoms with van der Waals surface area (Å²) in [5.74, 6) is -4.13. The van der Waals surface area contributed by atoms with Crippen LogP contribution < -0.4 is 11.1 Å². The van der Waals surface area contributed by atoms with Crippen LogP contribution in [0.25, 0.3) is 11.3 Å². The van der Waals surface area contributed by atoms with E-state index >= 15 is 0 Å². The van der Waals surface area contributed by atoms with Crippen molar-refractivity contribution in [1.82, 2.24) is 14.8 Å². The zero-order valence-corrected chi connectivity index (χ0v) is 20.4. The van der Waals surface area contributed by atoms with Crippen molar-refractivity contribution in [1.29, 1.82) is 0 Å². The highest BCUT2D eigenvalue weighted by atomic mass is 19.1. The molecule has 0 spiro atoms. The Morgan fingerprint density at radius 1 is 1.19 bits per heavy atom. The van der Waals surface area contributed by atoms with E-state index in [1.165, 1.54) is 24.7 Å². The van der Waals surface area contributed by atoms with Gasteiger partial charge in [-0.3, -0.25) is 9.48 Å². The second-order valence-electron chi connectivity index (χ2n) is 9.50. The molecular formula is C25H27F4N5O3. The Morgan fingerprint density at radius 3 is 2.51 bits per heavy atom. The number of nitrogens with two attached hydrogens (primary N) is 1. The predicted octanol–water partition coefficient (Wildman–Crippen LogP) is 3.90. The molecule has 3 aromatic rings. The summed E-state index contributed by atoms with van der Waals surface area (Å²) in [6.07, 6.45) is 0.201. The molecule has 1 aliphatic rings. The van der Waals surface area contributed by atoms with Gasteiger partial charge in [-0.15, -0.1) is 0 Å². The van der Waals surface area contributed by atoms with Crippen molar-refractivity contribution in [3.63, 3.8) is 0 Å². The number of aliphatic hydroxyl groups is 1. The molecule has 1 saturated heterocycles. The van der Waals surface area contributed by atoms with Crippen molar-refractivity contribution >= 4 is 11.6 Å². The van der Waals surface area contributed by atoms with E-state index in [-0.39, 0.29) is 23.6 Å². The van der Waals surface area contributed by atoms with Crippen LogP contribution in [0.15, 0.2) is 30.5 Å². The molecule has 3 atom stereocenters. The van der Waals surface area contributed by atoms with Gasteiger partial charge >= 0.3 is 0 Å². The van der Waals surface area contributed by atoms with Gasteiger partial charge in [0.25, 0.3) is 5.91 Å². The number of hydrogen-bond donors (Lipinski definition) is 3. The van der Waals surface area contributed by atoms with Crippen LogP contribution in [0.2, 0.25) is 0 Å². The SMILES string of the molecule is Cn1ncc(NC(=O)c2ccc(F)c(-c3c(F)cc(C(C)(C)O)cc3F)n2)c1[C@@H]1CC[C@@H](N)[C@@H](F)CO1. The zero-order chi connectivity index (χ0) is 27.1. The third-order valence-corrected chi connectivity index (χ3v) is 6.29. The average molecular weight is 522 g/mol. The van der Waals surface area contributed by atoms with E-state index in [4.69, 9.17) is 10.5 Å². The van der Waals surface area contributed by atoms with Crippen LogP contribution in [0, 0.1) is 17.5 Å². The zero-order valence-electron chi connectivity index (χ0n) is 20.4. The molecule has 0 bridgehead atoms. The minimum atomic E-state index is -1.54. The highest BCUT2D eigenvalue weighted by Gasteiger charge is 2.30. The van der Waals surface area contributed by atoms with Crippen molar-refractivity contribution < 1.29 is 32.2 Å². The minimum Gasteiger partial charge on any atom is -0.386 e. The van der Waals surface area contributed by atoms with E-state index in [1.807, 2.05) is 0 Å². The third-order valence-electron chi connectivity index (χ3n) is 6.29. The van der Waals surface area contributed by atoms with Crippen molar-refractivity contribution in [3.05, 3.63) is 64.9 Å². The van der Waals surface area contributed by atoms with Crippen LogP contribution in [0.4, 0.5) is 23.2 Å². The second kappa shape index (κ2) is 10.2. The molecular weight excluding hydrogens is 494 g/mol. The van der Waals surface area contributed by atoms with Gasteiger partial charge in [-0.05, 0) is 56.5 Å². The van der Waals surface area contributed by atoms with E-state index in [9.17, 15) is 27.5 Å². The maximum atomic E-state index is 14.8. The Balaban J connectivity index is 1.63. The van der Waals surface area contributed by atoms with Gasteiger partial charge in [-0.25, -0.2) is 22.5 Å². The molecule has 4 rings (SSSR count). The van der Waals surface area contributed by atoms with E-state index in [0.29, 0.717) is 18.5 Å². The first-order valence-corrected chi connectivity index (χ1v) is 11.6. The van der Waals surface area contributed by atoms with Gasteiger partial charge in [0, 0.05) is 13.1 Å². The number of amides is 1. The van der Waals surface area contributed by atoms with Crippen LogP contribution in [0.5, 0.6) is 0 Å². The first-order valence-electron chi connectivity index (χ1n) is 11.6. The van der Waals surface area contributed by atoms with Gasteiger partial charge in [-0.2, -0.15) is 5.10 Å². The topological polar surface area (TPSA) is 115 Å². The van der Waals surface area contributed by atoms with Gasteiger partial charge < -0.3 is 20.9 Å². The molecule has 0 saturated carbocycles. The van der Waals surface area contributed by atoms with Crippen molar-refractivity contribution in [2.24, 2.45) is 12.8 Å². The monoisotopic (exact) mass is 521 g/mol. The number of pyridine rings is 1. The number of anilines is 1. The molecule has 8 nitrogen and oxygen atoms in total. The number of hydrogen-bond acceptors (Lipinski definition) is 6. The lowest BCUT2D eigenvalue weighted by Gasteiger charge is -2.19. The number of alkyl halides is 1. The van der Waals surface area contributed by atoms with Crippen molar-refractivity contribution in [2.45, 2.75) is 50.6 Å². The number of carbonyl (C=O) groups excluding carboxylic acids is 1. The molecule has 198 valence electrons. The molecule has 0 radical (unpaired) electrons. The minimum absolute atomic E-state index is 0.0505. The second-order valence-corrected chi connectivity index (χ2v) is 9.50. The fraction of sp³-hybridized carbons (Fsp3) is 0.400. The molecule has 0 aliphatic carbocycles. The Morgan fingerprint density at radius 2 is 1.86 bits per heavy atom. The first kappa shape index (κ1) is 26.7. The summed E-state index contributed by atoms with van der Waals surface area (Å²) in [6.45, 7) is 2.49. The third kappa shape index (κ3) is 5.50. The van der Waals surface area contributed by atoms with Gasteiger partial charge in [-0.1, -0.05) is 0 Å². The summed E-state index contributed by atoms with van der Waals surface area (Å²) in [4.78, 5) is 16.9. The Kier molecular flexibility index (Phi) is 7.36. The van der Waals surface area contributed by atoms with Crippen LogP contribution in [0.3, 0.4) is 0 Å². The Hall–Kier alpha value is -3.35. The number of aromatic nitrogens is 3. The smallest absolute Gasteiger partial charge is 0.274 e. The molecule has 1 aromatic carbocycles. The van der Waals surface area contributed by atoms with Crippen LogP contribution in [-0.4, -0.2) is 44.6 Å². The average Bonchev–Trinajstić information content (AvgIpc) is 3.09. The quantitative estimate of drug-likeness (QED) is 0.439. The molecule has 3 heterocycles. The molecule has 1 fully saturated rings. The summed E-state index contributed by atoms with van der Waals surface area (Å²) >= 11 is 0. The summed E-state index contributed by atoms with van der Waals surface area (Å²) < 4.78 is 65.4. The lowest BCUT2D eigenvalue weighted by molar-refractivity contribution is 0.0247. The number of nitrogens with one attached hydrogen (secondary N) is 1. The summed E-state index contributed by atoms with van der Waals surface area (Å²) in [7, 11) is 1.63. The fourth-order valence-corrected chi connectivity index (χ4v) is 4.16. The predicted molar refractivity (Wildman–Crippen MR) is 127 cm³/mol. The summed E-state index contributed by atoms with van der Waals surface area (Å²) in [5, 5.41) is 16.8. The number of halogens is 4. The van der Waals surface area contributed by atoms with Gasteiger partial charge in [0.2, 0.25) is 0 Å². The summed E-state index contributed by atoms with van der Waals surface area (Å²) in [5.41, 5.74) is 3.15. The Bertz CT molecular complexity index is 1290. The molecule has 1 amide bonds. The van der Waals surface area contributed by atoms with E-state index in [0.717, 1.165) is 24.3 Å². The van der Waals surface area contributed by atoms with Crippen LogP contribution >= 0.6 is 0 Å². The van der Waals surface area contributed by atoms with E-state index in [1.54, 1.807) is 7.05 Å². The number of aryl methyl sites for hydroxylation is 1. The molecule has 12 heteroatoms. The fourth-order valence-electron chi connectivity index (χ4n) is 4.16. The van der Waals surface area contributed by atoms with Gasteiger partial charge in [0.1, 0.15) is 41.1 Å². The first-order chi connectivity index (χ1) is 17.4. The maximum absolute atomic E-state index is 14.8. The van der Waals surface area contributed by atoms with Crippen molar-refractivity contribution in [2.75, 3.05) is 11.9 Å². The molecule has 2 aromatic heterocycles. The molecule has 37 heavy (non-hydrogen) atoms. The Labute approximate surface area is 210 Å². The normalized spacial score (nSPS) is 20.5. The molecule has 4 N–H and O–H groups in total. The molecule has 1 aliphatic heterocycles.